The first-order valence-electron chi connectivity index (χ1n) is 7.36. The van der Waals surface area contributed by atoms with E-state index in [1.807, 2.05) is 6.92 Å². The van der Waals surface area contributed by atoms with Gasteiger partial charge in [-0.25, -0.2) is 0 Å². The van der Waals surface area contributed by atoms with Gasteiger partial charge in [0, 0.05) is 0 Å². The van der Waals surface area contributed by atoms with Crippen LogP contribution in [0, 0.1) is 17.8 Å². The average Bonchev–Trinajstić information content (AvgIpc) is 3.24. The van der Waals surface area contributed by atoms with E-state index in [0.29, 0.717) is 13.2 Å². The number of hydrogen-bond donors (Lipinski definition) is 0. The van der Waals surface area contributed by atoms with Crippen molar-refractivity contribution >= 4 is 13.3 Å². The second-order valence-electron chi connectivity index (χ2n) is 5.96. The Morgan fingerprint density at radius 3 is 2.75 bits per heavy atom. The molecule has 1 aromatic rings. The minimum atomic E-state index is -1.30. The Balaban J connectivity index is 1.81. The predicted octanol–water partition coefficient (Wildman–Crippen LogP) is 3.59. The van der Waals surface area contributed by atoms with Crippen LogP contribution in [0.15, 0.2) is 42.5 Å². The average molecular weight is 284 g/mol. The number of ether oxygens (including phenoxy) is 1. The summed E-state index contributed by atoms with van der Waals surface area (Å²) in [5.74, 6) is 6.50. The molecule has 0 radical (unpaired) electrons. The highest BCUT2D eigenvalue weighted by Gasteiger charge is 2.47. The fourth-order valence-electron chi connectivity index (χ4n) is 2.82. The van der Waals surface area contributed by atoms with Gasteiger partial charge in [0.25, 0.3) is 0 Å². The maximum atomic E-state index is 5.41. The molecule has 0 amide bonds. The Kier molecular flexibility index (Phi) is 5.22. The fourth-order valence-corrected chi connectivity index (χ4v) is 6.34. The number of allylic oxidation sites excluding steroid dienone is 1. The molecule has 1 nitrogen and oxygen atoms in total. The molecule has 1 saturated carbocycles. The lowest BCUT2D eigenvalue weighted by molar-refractivity contribution is 0.199. The molecule has 0 aromatic heterocycles. The van der Waals surface area contributed by atoms with E-state index in [1.165, 1.54) is 6.42 Å². The number of rotatable bonds is 6. The molecule has 2 atom stereocenters. The van der Waals surface area contributed by atoms with E-state index in [2.05, 4.69) is 67.4 Å². The van der Waals surface area contributed by atoms with Gasteiger partial charge in [-0.3, -0.25) is 0 Å². The first-order valence-corrected chi connectivity index (χ1v) is 10.4. The molecule has 20 heavy (non-hydrogen) atoms. The van der Waals surface area contributed by atoms with Crippen LogP contribution in [0.3, 0.4) is 0 Å². The molecule has 1 aromatic carbocycles. The number of hydrogen-bond acceptors (Lipinski definition) is 1. The van der Waals surface area contributed by atoms with Gasteiger partial charge in [-0.15, -0.1) is 5.92 Å². The van der Waals surface area contributed by atoms with E-state index in [4.69, 9.17) is 4.74 Å². The Morgan fingerprint density at radius 1 is 1.30 bits per heavy atom. The molecular weight excluding hydrogens is 260 g/mol. The van der Waals surface area contributed by atoms with E-state index >= 15 is 0 Å². The van der Waals surface area contributed by atoms with Gasteiger partial charge in [0.15, 0.2) is 0 Å². The summed E-state index contributed by atoms with van der Waals surface area (Å²) in [6, 6.07) is 11.0. The van der Waals surface area contributed by atoms with Crippen LogP contribution in [-0.4, -0.2) is 21.3 Å². The summed E-state index contributed by atoms with van der Waals surface area (Å²) >= 11 is 0. The van der Waals surface area contributed by atoms with Gasteiger partial charge in [0.1, 0.15) is 6.61 Å². The molecule has 2 unspecified atom stereocenters. The van der Waals surface area contributed by atoms with Crippen molar-refractivity contribution < 1.29 is 4.74 Å². The summed E-state index contributed by atoms with van der Waals surface area (Å²) in [6.45, 7) is 8.05. The molecule has 0 bridgehead atoms. The van der Waals surface area contributed by atoms with Crippen molar-refractivity contribution in [1.82, 2.24) is 0 Å². The molecular formula is C18H24OSi. The van der Waals surface area contributed by atoms with Crippen molar-refractivity contribution in [3.63, 3.8) is 0 Å². The highest BCUT2D eigenvalue weighted by molar-refractivity contribution is 6.91. The lowest BCUT2D eigenvalue weighted by atomic mass is 10.4. The molecule has 0 aliphatic heterocycles. The molecule has 2 heteroatoms. The minimum Gasteiger partial charge on any atom is -0.365 e. The maximum absolute atomic E-state index is 5.41. The van der Waals surface area contributed by atoms with E-state index < -0.39 is 8.07 Å². The van der Waals surface area contributed by atoms with Crippen molar-refractivity contribution in [2.24, 2.45) is 5.92 Å². The predicted molar refractivity (Wildman–Crippen MR) is 88.8 cm³/mol. The third-order valence-corrected chi connectivity index (χ3v) is 8.57. The topological polar surface area (TPSA) is 9.23 Å². The van der Waals surface area contributed by atoms with Crippen LogP contribution in [-0.2, 0) is 4.74 Å². The lowest BCUT2D eigenvalue weighted by Crippen LogP contribution is -2.42. The van der Waals surface area contributed by atoms with Gasteiger partial charge in [-0.05, 0) is 24.8 Å². The summed E-state index contributed by atoms with van der Waals surface area (Å²) < 4.78 is 5.41. The van der Waals surface area contributed by atoms with Crippen molar-refractivity contribution in [3.8, 4) is 11.8 Å². The van der Waals surface area contributed by atoms with Crippen molar-refractivity contribution in [3.05, 3.63) is 42.5 Å². The monoisotopic (exact) mass is 284 g/mol. The van der Waals surface area contributed by atoms with Crippen molar-refractivity contribution in [1.29, 1.82) is 0 Å². The van der Waals surface area contributed by atoms with Crippen LogP contribution in [0.4, 0.5) is 0 Å². The normalized spacial score (nSPS) is 21.6. The molecule has 0 saturated heterocycles. The van der Waals surface area contributed by atoms with Gasteiger partial charge in [0.05, 0.1) is 14.7 Å². The smallest absolute Gasteiger partial charge is 0.108 e. The molecule has 1 aliphatic rings. The Bertz CT molecular complexity index is 507. The molecule has 0 spiro atoms. The standard InChI is InChI=1S/C18H24OSi/c1-4-5-13-19-14-9-10-16-15-18(16)20(2,3)17-11-7-6-8-12-17/h6-12,16,18H,13-15H2,1-3H3/b10-9+. The summed E-state index contributed by atoms with van der Waals surface area (Å²) in [5.41, 5.74) is 0.886. The molecule has 0 heterocycles. The van der Waals surface area contributed by atoms with Crippen molar-refractivity contribution in [2.45, 2.75) is 32.0 Å². The highest BCUT2D eigenvalue weighted by Crippen LogP contribution is 2.52. The highest BCUT2D eigenvalue weighted by atomic mass is 28.3. The van der Waals surface area contributed by atoms with Crippen LogP contribution < -0.4 is 5.19 Å². The first kappa shape index (κ1) is 15.1. The largest absolute Gasteiger partial charge is 0.365 e. The summed E-state index contributed by atoms with van der Waals surface area (Å²) in [4.78, 5) is 0. The Morgan fingerprint density at radius 2 is 2.05 bits per heavy atom. The summed E-state index contributed by atoms with van der Waals surface area (Å²) in [6.07, 6.45) is 5.86. The quantitative estimate of drug-likeness (QED) is 0.336. The second kappa shape index (κ2) is 6.92. The third kappa shape index (κ3) is 3.85. The van der Waals surface area contributed by atoms with Crippen LogP contribution in [0.1, 0.15) is 13.3 Å². The van der Waals surface area contributed by atoms with Crippen molar-refractivity contribution in [2.75, 3.05) is 13.2 Å². The van der Waals surface area contributed by atoms with E-state index in [1.54, 1.807) is 5.19 Å². The van der Waals surface area contributed by atoms with Gasteiger partial charge < -0.3 is 4.74 Å². The fraction of sp³-hybridized carbons (Fsp3) is 0.444. The van der Waals surface area contributed by atoms with Crippen LogP contribution in [0.2, 0.25) is 18.6 Å². The summed E-state index contributed by atoms with van der Waals surface area (Å²) in [5, 5.41) is 1.58. The Labute approximate surface area is 124 Å². The zero-order valence-electron chi connectivity index (χ0n) is 12.7. The van der Waals surface area contributed by atoms with Crippen LogP contribution >= 0.6 is 0 Å². The number of benzene rings is 1. The van der Waals surface area contributed by atoms with Gasteiger partial charge in [-0.2, -0.15) is 0 Å². The SMILES string of the molecule is CC#CCOC/C=C/C1CC1[Si](C)(C)c1ccccc1. The molecule has 1 aliphatic carbocycles. The lowest BCUT2D eigenvalue weighted by Gasteiger charge is -2.23. The zero-order valence-corrected chi connectivity index (χ0v) is 13.7. The molecule has 2 rings (SSSR count). The van der Waals surface area contributed by atoms with E-state index in [-0.39, 0.29) is 0 Å². The van der Waals surface area contributed by atoms with Gasteiger partial charge >= 0.3 is 0 Å². The van der Waals surface area contributed by atoms with E-state index in [0.717, 1.165) is 11.5 Å². The summed E-state index contributed by atoms with van der Waals surface area (Å²) in [7, 11) is -1.30. The maximum Gasteiger partial charge on any atom is 0.108 e. The van der Waals surface area contributed by atoms with Gasteiger partial charge in [0.2, 0.25) is 0 Å². The molecule has 1 fully saturated rings. The minimum absolute atomic E-state index is 0.541. The zero-order chi connectivity index (χ0) is 14.4. The molecule has 0 N–H and O–H groups in total. The second-order valence-corrected chi connectivity index (χ2v) is 10.7. The van der Waals surface area contributed by atoms with Crippen LogP contribution in [0.25, 0.3) is 0 Å². The van der Waals surface area contributed by atoms with Crippen LogP contribution in [0.5, 0.6) is 0 Å². The van der Waals surface area contributed by atoms with E-state index in [9.17, 15) is 0 Å². The first-order chi connectivity index (χ1) is 9.66. The Hall–Kier alpha value is -1.30. The van der Waals surface area contributed by atoms with Gasteiger partial charge in [-0.1, -0.05) is 66.7 Å². The molecule has 106 valence electrons. The third-order valence-electron chi connectivity index (χ3n) is 4.23.